The summed E-state index contributed by atoms with van der Waals surface area (Å²) in [6, 6.07) is 0. The summed E-state index contributed by atoms with van der Waals surface area (Å²) in [4.78, 5) is 0. The van der Waals surface area contributed by atoms with Crippen LogP contribution in [0.5, 0.6) is 0 Å². The van der Waals surface area contributed by atoms with Crippen LogP contribution >= 0.6 is 0 Å². The Morgan fingerprint density at radius 2 is 1.43 bits per heavy atom. The standard InChI is InChI=1S/C3H10O2Si.Nb/c1-6(2,3)5-4;/h4H,1-3H3;. The molecule has 0 heterocycles. The van der Waals surface area contributed by atoms with E-state index in [0.717, 1.165) is 0 Å². The van der Waals surface area contributed by atoms with E-state index in [2.05, 4.69) is 4.58 Å². The van der Waals surface area contributed by atoms with E-state index in [4.69, 9.17) is 5.26 Å². The minimum absolute atomic E-state index is 0. The fourth-order valence-corrected chi connectivity index (χ4v) is 0. The molecule has 7 heavy (non-hydrogen) atoms. The maximum atomic E-state index is 7.96. The summed E-state index contributed by atoms with van der Waals surface area (Å²) in [6.45, 7) is 5.73. The summed E-state index contributed by atoms with van der Waals surface area (Å²) in [5.41, 5.74) is 0. The van der Waals surface area contributed by atoms with Crippen LogP contribution in [0.4, 0.5) is 0 Å². The summed E-state index contributed by atoms with van der Waals surface area (Å²) in [5.74, 6) is 0. The summed E-state index contributed by atoms with van der Waals surface area (Å²) < 4.78 is 4.08. The molecule has 1 N–H and O–H groups in total. The molecule has 0 aromatic rings. The Labute approximate surface area is 60.4 Å². The van der Waals surface area contributed by atoms with E-state index in [9.17, 15) is 0 Å². The average Bonchev–Trinajstić information content (AvgIpc) is 1.35. The zero-order valence-corrected chi connectivity index (χ0v) is 8.00. The predicted molar refractivity (Wildman–Crippen MR) is 27.1 cm³/mol. The van der Waals surface area contributed by atoms with E-state index in [-0.39, 0.29) is 22.4 Å². The van der Waals surface area contributed by atoms with Gasteiger partial charge in [0.15, 0.2) is 0 Å². The van der Waals surface area contributed by atoms with Crippen LogP contribution in [0.2, 0.25) is 19.6 Å². The molecule has 43 valence electrons. The zero-order chi connectivity index (χ0) is 5.21. The minimum atomic E-state index is -1.58. The third-order valence-electron chi connectivity index (χ3n) is 0.274. The largest absolute Gasteiger partial charge is 0.290 e. The number of hydrogen-bond donors (Lipinski definition) is 1. The molecule has 0 bridgehead atoms. The van der Waals surface area contributed by atoms with Crippen LogP contribution in [0.25, 0.3) is 0 Å². The van der Waals surface area contributed by atoms with E-state index in [0.29, 0.717) is 0 Å². The van der Waals surface area contributed by atoms with Crippen molar-refractivity contribution in [1.29, 1.82) is 0 Å². The van der Waals surface area contributed by atoms with Crippen LogP contribution in [-0.2, 0) is 27.0 Å². The second kappa shape index (κ2) is 3.83. The monoisotopic (exact) mass is 199 g/mol. The molecule has 0 aliphatic rings. The van der Waals surface area contributed by atoms with Gasteiger partial charge in [-0.15, -0.1) is 0 Å². The van der Waals surface area contributed by atoms with Crippen LogP contribution in [-0.4, -0.2) is 13.6 Å². The van der Waals surface area contributed by atoms with Gasteiger partial charge in [0.1, 0.15) is 0 Å². The molecule has 0 saturated carbocycles. The molecule has 0 saturated heterocycles. The van der Waals surface area contributed by atoms with Gasteiger partial charge in [0.05, 0.1) is 0 Å². The summed E-state index contributed by atoms with van der Waals surface area (Å²) >= 11 is 0. The fraction of sp³-hybridized carbons (Fsp3) is 1.00. The van der Waals surface area contributed by atoms with E-state index in [1.807, 2.05) is 19.6 Å². The van der Waals surface area contributed by atoms with Gasteiger partial charge in [-0.1, -0.05) is 0 Å². The van der Waals surface area contributed by atoms with Crippen LogP contribution in [0.3, 0.4) is 0 Å². The smallest absolute Gasteiger partial charge is 0.229 e. The van der Waals surface area contributed by atoms with Crippen LogP contribution in [0.15, 0.2) is 0 Å². The molecule has 1 radical (unpaired) electrons. The average molecular weight is 199 g/mol. The van der Waals surface area contributed by atoms with Crippen LogP contribution in [0, 0.1) is 0 Å². The van der Waals surface area contributed by atoms with E-state index in [1.54, 1.807) is 0 Å². The Hall–Kier alpha value is 0.877. The summed E-state index contributed by atoms with van der Waals surface area (Å²) in [7, 11) is -1.58. The van der Waals surface area contributed by atoms with Gasteiger partial charge in [-0.25, -0.2) is 0 Å². The molecule has 0 fully saturated rings. The Morgan fingerprint density at radius 1 is 1.29 bits per heavy atom. The molecule has 0 aliphatic carbocycles. The van der Waals surface area contributed by atoms with E-state index in [1.165, 1.54) is 0 Å². The molecule has 2 nitrogen and oxygen atoms in total. The molecule has 0 amide bonds. The molecule has 0 spiro atoms. The van der Waals surface area contributed by atoms with Crippen molar-refractivity contribution in [3.8, 4) is 0 Å². The number of hydrogen-bond acceptors (Lipinski definition) is 2. The second-order valence-electron chi connectivity index (χ2n) is 2.20. The third kappa shape index (κ3) is 10.9. The van der Waals surface area contributed by atoms with Crippen molar-refractivity contribution in [3.05, 3.63) is 0 Å². The maximum Gasteiger partial charge on any atom is 0.229 e. The molecular formula is C3H10NbO2Si. The van der Waals surface area contributed by atoms with Crippen molar-refractivity contribution in [2.75, 3.05) is 0 Å². The van der Waals surface area contributed by atoms with Crippen molar-refractivity contribution in [2.24, 2.45) is 0 Å². The second-order valence-corrected chi connectivity index (χ2v) is 6.61. The van der Waals surface area contributed by atoms with Gasteiger partial charge >= 0.3 is 0 Å². The first-order chi connectivity index (χ1) is 2.56. The molecule has 0 aliphatic heterocycles. The van der Waals surface area contributed by atoms with Gasteiger partial charge in [-0.3, -0.25) is 9.83 Å². The first-order valence-electron chi connectivity index (χ1n) is 1.89. The Balaban J connectivity index is 0. The van der Waals surface area contributed by atoms with Crippen molar-refractivity contribution in [1.82, 2.24) is 0 Å². The van der Waals surface area contributed by atoms with Gasteiger partial charge in [0.2, 0.25) is 8.32 Å². The van der Waals surface area contributed by atoms with Crippen molar-refractivity contribution >= 4 is 8.32 Å². The van der Waals surface area contributed by atoms with Crippen molar-refractivity contribution in [3.63, 3.8) is 0 Å². The SMILES string of the molecule is C[Si](C)(C)OO.[Nb]. The van der Waals surface area contributed by atoms with Crippen LogP contribution in [0.1, 0.15) is 0 Å². The first kappa shape index (κ1) is 10.8. The first-order valence-corrected chi connectivity index (χ1v) is 5.29. The summed E-state index contributed by atoms with van der Waals surface area (Å²) in [5, 5.41) is 7.96. The Bertz CT molecular complexity index is 42.7. The fourth-order valence-electron chi connectivity index (χ4n) is 0. The van der Waals surface area contributed by atoms with E-state index >= 15 is 0 Å². The number of rotatable bonds is 1. The molecule has 0 atom stereocenters. The third-order valence-corrected chi connectivity index (χ3v) is 0.822. The molecule has 0 aromatic heterocycles. The van der Waals surface area contributed by atoms with Gasteiger partial charge < -0.3 is 0 Å². The van der Waals surface area contributed by atoms with Gasteiger partial charge in [0, 0.05) is 22.4 Å². The van der Waals surface area contributed by atoms with Crippen molar-refractivity contribution in [2.45, 2.75) is 19.6 Å². The van der Waals surface area contributed by atoms with E-state index < -0.39 is 8.32 Å². The molecular weight excluding hydrogens is 189 g/mol. The molecule has 0 aromatic carbocycles. The summed E-state index contributed by atoms with van der Waals surface area (Å²) in [6.07, 6.45) is 0. The van der Waals surface area contributed by atoms with Gasteiger partial charge in [0.25, 0.3) is 0 Å². The predicted octanol–water partition coefficient (Wildman–Crippen LogP) is 1.31. The molecule has 0 rings (SSSR count). The normalized spacial score (nSPS) is 10.3. The quantitative estimate of drug-likeness (QED) is 0.392. The van der Waals surface area contributed by atoms with Gasteiger partial charge in [-0.2, -0.15) is 0 Å². The molecule has 0 unspecified atom stereocenters. The molecule has 4 heteroatoms. The maximum absolute atomic E-state index is 7.96. The minimum Gasteiger partial charge on any atom is -0.290 e. The van der Waals surface area contributed by atoms with Crippen LogP contribution < -0.4 is 0 Å². The van der Waals surface area contributed by atoms with Gasteiger partial charge in [-0.05, 0) is 19.6 Å². The van der Waals surface area contributed by atoms with Crippen molar-refractivity contribution < 1.29 is 32.2 Å². The Kier molecular flexibility index (Phi) is 5.90. The zero-order valence-electron chi connectivity index (χ0n) is 4.80. The topological polar surface area (TPSA) is 29.5 Å². The Morgan fingerprint density at radius 3 is 1.43 bits per heavy atom.